The van der Waals surface area contributed by atoms with Crippen molar-refractivity contribution in [1.29, 1.82) is 0 Å². The van der Waals surface area contributed by atoms with E-state index in [9.17, 15) is 22.0 Å². The molecule has 1 N–H and O–H groups in total. The van der Waals surface area contributed by atoms with Crippen molar-refractivity contribution in [2.45, 2.75) is 20.4 Å². The highest BCUT2D eigenvalue weighted by atomic mass is 19.2. The van der Waals surface area contributed by atoms with Crippen LogP contribution in [0.15, 0.2) is 0 Å². The molecule has 0 amide bonds. The van der Waals surface area contributed by atoms with E-state index in [-0.39, 0.29) is 0 Å². The lowest BCUT2D eigenvalue weighted by atomic mass is 10.1. The van der Waals surface area contributed by atoms with Crippen LogP contribution >= 0.6 is 0 Å². The second-order valence-electron chi connectivity index (χ2n) is 4.25. The lowest BCUT2D eigenvalue weighted by Gasteiger charge is -2.18. The first-order valence-electron chi connectivity index (χ1n) is 6.37. The Morgan fingerprint density at radius 1 is 0.800 bits per heavy atom. The molecule has 1 rings (SSSR count). The van der Waals surface area contributed by atoms with Crippen LogP contribution in [-0.2, 0) is 6.54 Å². The molecule has 2 nitrogen and oxygen atoms in total. The third kappa shape index (κ3) is 3.67. The molecule has 0 saturated heterocycles. The Balaban J connectivity index is 2.70. The first-order chi connectivity index (χ1) is 9.43. The minimum atomic E-state index is -2.13. The van der Waals surface area contributed by atoms with Gasteiger partial charge in [0.2, 0.25) is 5.82 Å². The number of benzene rings is 1. The van der Waals surface area contributed by atoms with Gasteiger partial charge in [0, 0.05) is 25.2 Å². The topological polar surface area (TPSA) is 15.3 Å². The zero-order chi connectivity index (χ0) is 15.3. The van der Waals surface area contributed by atoms with Crippen LogP contribution in [0.2, 0.25) is 0 Å². The second kappa shape index (κ2) is 7.54. The van der Waals surface area contributed by atoms with E-state index in [0.29, 0.717) is 13.1 Å². The molecule has 20 heavy (non-hydrogen) atoms. The van der Waals surface area contributed by atoms with Gasteiger partial charge in [0.05, 0.1) is 0 Å². The first kappa shape index (κ1) is 16.8. The van der Waals surface area contributed by atoms with Gasteiger partial charge in [-0.3, -0.25) is 0 Å². The zero-order valence-electron chi connectivity index (χ0n) is 11.4. The fraction of sp³-hybridized carbons (Fsp3) is 0.538. The summed E-state index contributed by atoms with van der Waals surface area (Å²) >= 11 is 0. The Morgan fingerprint density at radius 3 is 1.70 bits per heavy atom. The average Bonchev–Trinajstić information content (AvgIpc) is 2.46. The molecule has 1 aromatic carbocycles. The summed E-state index contributed by atoms with van der Waals surface area (Å²) < 4.78 is 65.4. The second-order valence-corrected chi connectivity index (χ2v) is 4.25. The quantitative estimate of drug-likeness (QED) is 0.360. The van der Waals surface area contributed by atoms with Gasteiger partial charge in [-0.15, -0.1) is 0 Å². The van der Waals surface area contributed by atoms with Crippen molar-refractivity contribution in [2.24, 2.45) is 0 Å². The number of halogens is 5. The molecule has 0 aliphatic rings. The van der Waals surface area contributed by atoms with E-state index in [4.69, 9.17) is 0 Å². The largest absolute Gasteiger partial charge is 0.311 e. The molecule has 0 spiro atoms. The molecule has 0 saturated carbocycles. The lowest BCUT2D eigenvalue weighted by Crippen LogP contribution is -2.32. The van der Waals surface area contributed by atoms with Crippen LogP contribution in [0.25, 0.3) is 0 Å². The maximum atomic E-state index is 13.3. The molecule has 7 heteroatoms. The van der Waals surface area contributed by atoms with E-state index in [1.54, 1.807) is 0 Å². The van der Waals surface area contributed by atoms with Crippen LogP contribution in [0.3, 0.4) is 0 Å². The van der Waals surface area contributed by atoms with Crippen LogP contribution < -0.4 is 5.32 Å². The summed E-state index contributed by atoms with van der Waals surface area (Å²) in [5, 5.41) is 2.68. The van der Waals surface area contributed by atoms with Gasteiger partial charge >= 0.3 is 0 Å². The normalized spacial score (nSPS) is 11.4. The number of hydrogen-bond donors (Lipinski definition) is 1. The van der Waals surface area contributed by atoms with Crippen molar-refractivity contribution in [3.63, 3.8) is 0 Å². The van der Waals surface area contributed by atoms with Crippen LogP contribution in [-0.4, -0.2) is 31.1 Å². The smallest absolute Gasteiger partial charge is 0.200 e. The van der Waals surface area contributed by atoms with E-state index in [2.05, 4.69) is 10.2 Å². The van der Waals surface area contributed by atoms with Gasteiger partial charge in [0.1, 0.15) is 0 Å². The molecular weight excluding hydrogens is 279 g/mol. The van der Waals surface area contributed by atoms with Gasteiger partial charge in [0.25, 0.3) is 0 Å². The summed E-state index contributed by atoms with van der Waals surface area (Å²) in [6.07, 6.45) is 0. The summed E-state index contributed by atoms with van der Waals surface area (Å²) in [5.74, 6) is -9.52. The third-order valence-electron chi connectivity index (χ3n) is 3.10. The molecule has 0 aliphatic carbocycles. The fourth-order valence-corrected chi connectivity index (χ4v) is 1.80. The van der Waals surface area contributed by atoms with E-state index in [0.717, 1.165) is 13.1 Å². The fourth-order valence-electron chi connectivity index (χ4n) is 1.80. The van der Waals surface area contributed by atoms with E-state index in [1.165, 1.54) is 0 Å². The molecular formula is C13H17F5N2. The Morgan fingerprint density at radius 2 is 1.25 bits per heavy atom. The third-order valence-corrected chi connectivity index (χ3v) is 3.10. The molecule has 0 atom stereocenters. The van der Waals surface area contributed by atoms with Gasteiger partial charge in [-0.05, 0) is 13.1 Å². The Hall–Kier alpha value is -1.21. The van der Waals surface area contributed by atoms with Crippen molar-refractivity contribution < 1.29 is 22.0 Å². The number of rotatable bonds is 7. The van der Waals surface area contributed by atoms with E-state index < -0.39 is 41.2 Å². The summed E-state index contributed by atoms with van der Waals surface area (Å²) in [7, 11) is 0. The van der Waals surface area contributed by atoms with Crippen molar-refractivity contribution in [2.75, 3.05) is 26.2 Å². The highest BCUT2D eigenvalue weighted by Crippen LogP contribution is 2.22. The molecule has 0 aromatic heterocycles. The molecule has 1 aromatic rings. The minimum absolute atomic E-state index is 0.390. The molecule has 0 heterocycles. The molecule has 0 aliphatic heterocycles. The van der Waals surface area contributed by atoms with Gasteiger partial charge in [-0.2, -0.15) is 0 Å². The number of nitrogens with zero attached hydrogens (tertiary/aromatic N) is 1. The molecule has 114 valence electrons. The number of likely N-dealkylation sites (N-methyl/N-ethyl adjacent to an activating group) is 1. The first-order valence-corrected chi connectivity index (χ1v) is 6.37. The zero-order valence-corrected chi connectivity index (χ0v) is 11.4. The Labute approximate surface area is 114 Å². The molecule has 0 bridgehead atoms. The van der Waals surface area contributed by atoms with Crippen molar-refractivity contribution >= 4 is 0 Å². The van der Waals surface area contributed by atoms with Crippen LogP contribution in [0, 0.1) is 29.1 Å². The highest BCUT2D eigenvalue weighted by molar-refractivity contribution is 5.23. The summed E-state index contributed by atoms with van der Waals surface area (Å²) in [4.78, 5) is 2.06. The Kier molecular flexibility index (Phi) is 6.35. The summed E-state index contributed by atoms with van der Waals surface area (Å²) in [6, 6.07) is 0. The van der Waals surface area contributed by atoms with Gasteiger partial charge in [0.15, 0.2) is 23.3 Å². The minimum Gasteiger partial charge on any atom is -0.311 e. The summed E-state index contributed by atoms with van der Waals surface area (Å²) in [6.45, 7) is 6.18. The van der Waals surface area contributed by atoms with Crippen molar-refractivity contribution in [3.05, 3.63) is 34.6 Å². The van der Waals surface area contributed by atoms with Crippen LogP contribution in [0.4, 0.5) is 22.0 Å². The van der Waals surface area contributed by atoms with Gasteiger partial charge in [-0.1, -0.05) is 13.8 Å². The van der Waals surface area contributed by atoms with Crippen molar-refractivity contribution in [1.82, 2.24) is 10.2 Å². The molecule has 0 radical (unpaired) electrons. The van der Waals surface area contributed by atoms with Crippen molar-refractivity contribution in [3.8, 4) is 0 Å². The maximum absolute atomic E-state index is 13.3. The van der Waals surface area contributed by atoms with Gasteiger partial charge in [-0.25, -0.2) is 22.0 Å². The monoisotopic (exact) mass is 296 g/mol. The van der Waals surface area contributed by atoms with Gasteiger partial charge < -0.3 is 10.2 Å². The predicted octanol–water partition coefficient (Wildman–Crippen LogP) is 2.81. The molecule has 0 unspecified atom stereocenters. The Bertz CT molecular complexity index is 432. The SMILES string of the molecule is CCN(CC)CCNCc1c(F)c(F)c(F)c(F)c1F. The molecule has 0 fully saturated rings. The maximum Gasteiger partial charge on any atom is 0.200 e. The van der Waals surface area contributed by atoms with E-state index >= 15 is 0 Å². The standard InChI is InChI=1S/C13H17F5N2/c1-3-20(4-2)6-5-19-7-8-9(14)11(16)13(18)12(17)10(8)15/h19H,3-7H2,1-2H3. The van der Waals surface area contributed by atoms with Crippen LogP contribution in [0.5, 0.6) is 0 Å². The van der Waals surface area contributed by atoms with E-state index in [1.807, 2.05) is 13.8 Å². The van der Waals surface area contributed by atoms with Crippen LogP contribution in [0.1, 0.15) is 19.4 Å². The number of nitrogens with one attached hydrogen (secondary N) is 1. The summed E-state index contributed by atoms with van der Waals surface area (Å²) in [5.41, 5.74) is -0.832. The predicted molar refractivity (Wildman–Crippen MR) is 65.7 cm³/mol. The lowest BCUT2D eigenvalue weighted by molar-refractivity contribution is 0.300. The number of hydrogen-bond acceptors (Lipinski definition) is 2. The highest BCUT2D eigenvalue weighted by Gasteiger charge is 2.25. The average molecular weight is 296 g/mol.